The summed E-state index contributed by atoms with van der Waals surface area (Å²) in [5, 5.41) is 0.384. The third-order valence-electron chi connectivity index (χ3n) is 3.81. The van der Waals surface area contributed by atoms with Crippen molar-refractivity contribution in [3.8, 4) is 0 Å². The van der Waals surface area contributed by atoms with Crippen LogP contribution in [0.2, 0.25) is 0 Å². The smallest absolute Gasteiger partial charge is 0.383 e. The van der Waals surface area contributed by atoms with Crippen LogP contribution in [0.15, 0.2) is 29.4 Å². The van der Waals surface area contributed by atoms with E-state index >= 15 is 0 Å². The first kappa shape index (κ1) is 19.5. The maximum Gasteiger partial charge on any atom is 0.417 e. The van der Waals surface area contributed by atoms with Gasteiger partial charge in [-0.1, -0.05) is 11.8 Å². The molecule has 25 heavy (non-hydrogen) atoms. The number of thioether (sulfide) groups is 1. The van der Waals surface area contributed by atoms with Crippen LogP contribution in [-0.4, -0.2) is 34.8 Å². The van der Waals surface area contributed by atoms with Gasteiger partial charge in [-0.25, -0.2) is 4.98 Å². The van der Waals surface area contributed by atoms with E-state index in [9.17, 15) is 18.0 Å². The molecule has 0 atom stereocenters. The minimum absolute atomic E-state index is 0.0801. The quantitative estimate of drug-likeness (QED) is 0.541. The molecule has 0 bridgehead atoms. The highest BCUT2D eigenvalue weighted by atomic mass is 32.2. The summed E-state index contributed by atoms with van der Waals surface area (Å²) in [6, 6.07) is 4.08. The predicted molar refractivity (Wildman–Crippen MR) is 90.1 cm³/mol. The van der Waals surface area contributed by atoms with Crippen LogP contribution in [0.1, 0.15) is 27.3 Å². The topological polar surface area (TPSA) is 44.1 Å². The zero-order valence-electron chi connectivity index (χ0n) is 14.2. The van der Waals surface area contributed by atoms with Crippen molar-refractivity contribution in [3.05, 3.63) is 46.9 Å². The van der Waals surface area contributed by atoms with E-state index in [2.05, 4.69) is 4.98 Å². The van der Waals surface area contributed by atoms with Gasteiger partial charge in [0.2, 0.25) is 0 Å². The van der Waals surface area contributed by atoms with Crippen molar-refractivity contribution < 1.29 is 22.7 Å². The summed E-state index contributed by atoms with van der Waals surface area (Å²) < 4.78 is 44.6. The summed E-state index contributed by atoms with van der Waals surface area (Å²) >= 11 is 1.12. The van der Waals surface area contributed by atoms with Crippen LogP contribution in [0.5, 0.6) is 0 Å². The summed E-state index contributed by atoms with van der Waals surface area (Å²) in [5.41, 5.74) is 1.65. The summed E-state index contributed by atoms with van der Waals surface area (Å²) in [7, 11) is 1.62. The van der Waals surface area contributed by atoms with Gasteiger partial charge in [-0.3, -0.25) is 4.79 Å². The standard InChI is InChI=1S/C17H19F3N2O2S/c1-11-8-14(12(2)22(11)6-7-24-3)15(23)10-25-16-5-4-13(9-21-16)17(18,19)20/h4-5,8-9H,6-7,10H2,1-3H3. The van der Waals surface area contributed by atoms with Crippen molar-refractivity contribution in [2.75, 3.05) is 19.5 Å². The number of pyridine rings is 1. The zero-order valence-corrected chi connectivity index (χ0v) is 15.0. The van der Waals surface area contributed by atoms with Gasteiger partial charge in [0, 0.05) is 36.8 Å². The van der Waals surface area contributed by atoms with Crippen LogP contribution in [0.4, 0.5) is 13.2 Å². The van der Waals surface area contributed by atoms with E-state index in [1.54, 1.807) is 7.11 Å². The Hall–Kier alpha value is -1.80. The number of ether oxygens (including phenoxy) is 1. The first-order valence-corrected chi connectivity index (χ1v) is 8.57. The van der Waals surface area contributed by atoms with Crippen LogP contribution in [0.25, 0.3) is 0 Å². The number of halogens is 3. The summed E-state index contributed by atoms with van der Waals surface area (Å²) in [5.74, 6) is 0.0379. The molecule has 8 heteroatoms. The highest BCUT2D eigenvalue weighted by Crippen LogP contribution is 2.29. The zero-order chi connectivity index (χ0) is 18.6. The molecule has 2 heterocycles. The fourth-order valence-electron chi connectivity index (χ4n) is 2.46. The SMILES string of the molecule is COCCn1c(C)cc(C(=O)CSc2ccc(C(F)(F)F)cn2)c1C. The Morgan fingerprint density at radius 3 is 2.60 bits per heavy atom. The molecule has 2 aromatic heterocycles. The Morgan fingerprint density at radius 2 is 2.04 bits per heavy atom. The van der Waals surface area contributed by atoms with Gasteiger partial charge in [-0.05, 0) is 32.0 Å². The number of hydrogen-bond acceptors (Lipinski definition) is 4. The van der Waals surface area contributed by atoms with Crippen LogP contribution >= 0.6 is 11.8 Å². The Kier molecular flexibility index (Phi) is 6.29. The maximum absolute atomic E-state index is 12.5. The Labute approximate surface area is 148 Å². The molecule has 0 aliphatic rings. The lowest BCUT2D eigenvalue weighted by molar-refractivity contribution is -0.137. The highest BCUT2D eigenvalue weighted by Gasteiger charge is 2.30. The lowest BCUT2D eigenvalue weighted by Gasteiger charge is -2.09. The molecule has 0 aliphatic heterocycles. The van der Waals surface area contributed by atoms with Gasteiger partial charge in [0.25, 0.3) is 0 Å². The second-order valence-electron chi connectivity index (χ2n) is 5.52. The van der Waals surface area contributed by atoms with Gasteiger partial charge >= 0.3 is 6.18 Å². The summed E-state index contributed by atoms with van der Waals surface area (Å²) in [6.07, 6.45) is -3.63. The number of aromatic nitrogens is 2. The second kappa shape index (κ2) is 8.05. The first-order valence-electron chi connectivity index (χ1n) is 7.59. The number of alkyl halides is 3. The number of carbonyl (C=O) groups is 1. The van der Waals surface area contributed by atoms with Crippen LogP contribution in [0.3, 0.4) is 0 Å². The van der Waals surface area contributed by atoms with Crippen molar-refractivity contribution in [2.24, 2.45) is 0 Å². The largest absolute Gasteiger partial charge is 0.417 e. The molecule has 0 radical (unpaired) electrons. The Balaban J connectivity index is 2.03. The van der Waals surface area contributed by atoms with Crippen molar-refractivity contribution in [2.45, 2.75) is 31.6 Å². The lowest BCUT2D eigenvalue weighted by Crippen LogP contribution is -2.10. The van der Waals surface area contributed by atoms with Crippen LogP contribution in [-0.2, 0) is 17.5 Å². The van der Waals surface area contributed by atoms with Crippen molar-refractivity contribution in [1.82, 2.24) is 9.55 Å². The molecule has 0 unspecified atom stereocenters. The summed E-state index contributed by atoms with van der Waals surface area (Å²) in [6.45, 7) is 5.00. The maximum atomic E-state index is 12.5. The predicted octanol–water partition coefficient (Wildman–Crippen LogP) is 4.14. The fraction of sp³-hybridized carbons (Fsp3) is 0.412. The third-order valence-corrected chi connectivity index (χ3v) is 4.75. The number of Topliss-reactive ketones (excluding diaryl/α,β-unsaturated/α-hetero) is 1. The minimum Gasteiger partial charge on any atom is -0.383 e. The normalized spacial score (nSPS) is 11.8. The van der Waals surface area contributed by atoms with Gasteiger partial charge in [0.1, 0.15) is 0 Å². The van der Waals surface area contributed by atoms with Gasteiger partial charge in [0.15, 0.2) is 5.78 Å². The number of rotatable bonds is 7. The van der Waals surface area contributed by atoms with E-state index in [0.29, 0.717) is 23.7 Å². The van der Waals surface area contributed by atoms with Crippen LogP contribution < -0.4 is 0 Å². The molecule has 0 fully saturated rings. The van der Waals surface area contributed by atoms with E-state index in [-0.39, 0.29) is 11.5 Å². The fourth-order valence-corrected chi connectivity index (χ4v) is 3.19. The van der Waals surface area contributed by atoms with E-state index in [1.807, 2.05) is 24.5 Å². The van der Waals surface area contributed by atoms with E-state index in [4.69, 9.17) is 4.74 Å². The number of carbonyl (C=O) groups excluding carboxylic acids is 1. The molecular formula is C17H19F3N2O2S. The molecule has 0 saturated heterocycles. The van der Waals surface area contributed by atoms with Gasteiger partial charge in [-0.15, -0.1) is 0 Å². The average Bonchev–Trinajstić information content (AvgIpc) is 2.85. The van der Waals surface area contributed by atoms with Crippen molar-refractivity contribution in [3.63, 3.8) is 0 Å². The van der Waals surface area contributed by atoms with Crippen LogP contribution in [0, 0.1) is 13.8 Å². The molecule has 0 aliphatic carbocycles. The number of ketones is 1. The van der Waals surface area contributed by atoms with Gasteiger partial charge in [0.05, 0.1) is 22.9 Å². The average molecular weight is 372 g/mol. The monoisotopic (exact) mass is 372 g/mol. The highest BCUT2D eigenvalue weighted by molar-refractivity contribution is 7.99. The molecule has 136 valence electrons. The van der Waals surface area contributed by atoms with E-state index in [0.717, 1.165) is 35.4 Å². The lowest BCUT2D eigenvalue weighted by atomic mass is 10.2. The van der Waals surface area contributed by atoms with E-state index < -0.39 is 11.7 Å². The van der Waals surface area contributed by atoms with E-state index in [1.165, 1.54) is 6.07 Å². The number of hydrogen-bond donors (Lipinski definition) is 0. The molecular weight excluding hydrogens is 353 g/mol. The minimum atomic E-state index is -4.41. The molecule has 0 amide bonds. The molecule has 2 rings (SSSR count). The molecule has 0 aromatic carbocycles. The van der Waals surface area contributed by atoms with Gasteiger partial charge < -0.3 is 9.30 Å². The molecule has 0 spiro atoms. The molecule has 0 N–H and O–H groups in total. The Morgan fingerprint density at radius 1 is 1.32 bits per heavy atom. The number of methoxy groups -OCH3 is 1. The molecule has 4 nitrogen and oxygen atoms in total. The number of aryl methyl sites for hydroxylation is 1. The second-order valence-corrected chi connectivity index (χ2v) is 6.52. The summed E-state index contributed by atoms with van der Waals surface area (Å²) in [4.78, 5) is 16.2. The van der Waals surface area contributed by atoms with Gasteiger partial charge in [-0.2, -0.15) is 13.2 Å². The third kappa shape index (κ3) is 4.85. The van der Waals surface area contributed by atoms with Crippen molar-refractivity contribution >= 4 is 17.5 Å². The van der Waals surface area contributed by atoms with Crippen molar-refractivity contribution in [1.29, 1.82) is 0 Å². The Bertz CT molecular complexity index is 740. The number of nitrogens with zero attached hydrogens (tertiary/aromatic N) is 2. The molecule has 2 aromatic rings. The molecule has 0 saturated carbocycles. The first-order chi connectivity index (χ1) is 11.7.